The van der Waals surface area contributed by atoms with Crippen molar-refractivity contribution in [1.29, 1.82) is 0 Å². The number of nitrogens with zero attached hydrogens (tertiary/aromatic N) is 2. The van der Waals surface area contributed by atoms with Crippen molar-refractivity contribution in [1.82, 2.24) is 14.9 Å². The number of ether oxygens (including phenoxy) is 2. The lowest BCUT2D eigenvalue weighted by molar-refractivity contribution is -0.121. The van der Waals surface area contributed by atoms with E-state index < -0.39 is 0 Å². The highest BCUT2D eigenvalue weighted by Crippen LogP contribution is 2.32. The first-order valence-corrected chi connectivity index (χ1v) is 7.02. The summed E-state index contributed by atoms with van der Waals surface area (Å²) in [7, 11) is 0. The number of hydrogen-bond donors (Lipinski definition) is 2. The number of nitrogen functional groups attached to an aromatic ring is 1. The van der Waals surface area contributed by atoms with E-state index in [1.807, 2.05) is 6.07 Å². The third kappa shape index (κ3) is 3.25. The molecule has 1 aliphatic rings. The summed E-state index contributed by atoms with van der Waals surface area (Å²) in [5, 5.41) is 2.73. The van der Waals surface area contributed by atoms with Gasteiger partial charge in [-0.3, -0.25) is 14.2 Å². The maximum atomic E-state index is 12.0. The topological polar surface area (TPSA) is 108 Å². The Morgan fingerprint density at radius 1 is 1.35 bits per heavy atom. The van der Waals surface area contributed by atoms with Gasteiger partial charge in [0.1, 0.15) is 6.54 Å². The highest BCUT2D eigenvalue weighted by Gasteiger charge is 2.14. The van der Waals surface area contributed by atoms with E-state index in [9.17, 15) is 9.59 Å². The summed E-state index contributed by atoms with van der Waals surface area (Å²) in [4.78, 5) is 27.8. The lowest BCUT2D eigenvalue weighted by Gasteiger charge is -2.10. The summed E-state index contributed by atoms with van der Waals surface area (Å²) >= 11 is 0. The molecule has 23 heavy (non-hydrogen) atoms. The van der Waals surface area contributed by atoms with E-state index in [0.29, 0.717) is 23.7 Å². The number of aryl methyl sites for hydroxylation is 1. The molecule has 8 heteroatoms. The summed E-state index contributed by atoms with van der Waals surface area (Å²) in [5.41, 5.74) is 6.71. The molecule has 1 aromatic carbocycles. The number of benzene rings is 1. The summed E-state index contributed by atoms with van der Waals surface area (Å²) in [6.07, 6.45) is 0. The minimum atomic E-state index is -0.353. The summed E-state index contributed by atoms with van der Waals surface area (Å²) in [5.74, 6) is 1.03. The molecule has 0 bridgehead atoms. The van der Waals surface area contributed by atoms with E-state index in [0.717, 1.165) is 10.1 Å². The average Bonchev–Trinajstić information content (AvgIpc) is 2.96. The van der Waals surface area contributed by atoms with E-state index in [1.54, 1.807) is 19.1 Å². The first-order chi connectivity index (χ1) is 11.0. The zero-order valence-corrected chi connectivity index (χ0v) is 12.5. The van der Waals surface area contributed by atoms with Crippen LogP contribution < -0.4 is 26.1 Å². The number of nitrogens with two attached hydrogens (primary N) is 1. The third-order valence-electron chi connectivity index (χ3n) is 3.39. The Hall–Kier alpha value is -3.03. The molecule has 2 heterocycles. The number of hydrogen-bond acceptors (Lipinski definition) is 6. The van der Waals surface area contributed by atoms with Crippen LogP contribution in [0.4, 0.5) is 5.95 Å². The van der Waals surface area contributed by atoms with Crippen LogP contribution in [0.2, 0.25) is 0 Å². The minimum Gasteiger partial charge on any atom is -0.454 e. The standard InChI is InChI=1S/C15H16N4O4/c1-9-4-14(21)19(15(16)18-9)7-13(20)17-6-10-2-3-11-12(5-10)23-8-22-11/h2-5H,6-8H2,1H3,(H2,16,18)(H,17,20). The molecule has 3 N–H and O–H groups in total. The Labute approximate surface area is 131 Å². The molecular formula is C15H16N4O4. The van der Waals surface area contributed by atoms with Crippen LogP contribution in [0.1, 0.15) is 11.3 Å². The Morgan fingerprint density at radius 3 is 2.91 bits per heavy atom. The number of aromatic nitrogens is 2. The molecule has 0 spiro atoms. The zero-order chi connectivity index (χ0) is 16.4. The molecule has 1 aromatic heterocycles. The van der Waals surface area contributed by atoms with Crippen LogP contribution in [0.5, 0.6) is 11.5 Å². The fourth-order valence-corrected chi connectivity index (χ4v) is 2.25. The van der Waals surface area contributed by atoms with Gasteiger partial charge in [-0.2, -0.15) is 0 Å². The van der Waals surface area contributed by atoms with Crippen molar-refractivity contribution < 1.29 is 14.3 Å². The number of fused-ring (bicyclic) bond motifs is 1. The molecule has 0 saturated heterocycles. The number of amides is 1. The number of nitrogens with one attached hydrogen (secondary N) is 1. The van der Waals surface area contributed by atoms with Crippen molar-refractivity contribution >= 4 is 11.9 Å². The third-order valence-corrected chi connectivity index (χ3v) is 3.39. The van der Waals surface area contributed by atoms with Gasteiger partial charge in [0, 0.05) is 18.3 Å². The van der Waals surface area contributed by atoms with Gasteiger partial charge in [-0.15, -0.1) is 0 Å². The fourth-order valence-electron chi connectivity index (χ4n) is 2.25. The van der Waals surface area contributed by atoms with Crippen LogP contribution in [0.3, 0.4) is 0 Å². The minimum absolute atomic E-state index is 0.0215. The van der Waals surface area contributed by atoms with Gasteiger partial charge >= 0.3 is 0 Å². The second-order valence-electron chi connectivity index (χ2n) is 5.14. The van der Waals surface area contributed by atoms with Gasteiger partial charge in [0.25, 0.3) is 5.56 Å². The maximum Gasteiger partial charge on any atom is 0.255 e. The van der Waals surface area contributed by atoms with E-state index in [1.165, 1.54) is 6.07 Å². The van der Waals surface area contributed by atoms with Crippen LogP contribution >= 0.6 is 0 Å². The number of rotatable bonds is 4. The number of anilines is 1. The average molecular weight is 316 g/mol. The predicted molar refractivity (Wildman–Crippen MR) is 82.1 cm³/mol. The monoisotopic (exact) mass is 316 g/mol. The molecule has 2 aromatic rings. The molecule has 0 unspecified atom stereocenters. The van der Waals surface area contributed by atoms with E-state index in [2.05, 4.69) is 10.3 Å². The van der Waals surface area contributed by atoms with E-state index in [-0.39, 0.29) is 30.8 Å². The van der Waals surface area contributed by atoms with Gasteiger partial charge in [-0.1, -0.05) is 6.07 Å². The van der Waals surface area contributed by atoms with Gasteiger partial charge in [0.2, 0.25) is 18.6 Å². The Bertz CT molecular complexity index is 816. The Balaban J connectivity index is 1.63. The second kappa shape index (κ2) is 5.99. The van der Waals surface area contributed by atoms with Crippen LogP contribution in [0.15, 0.2) is 29.1 Å². The molecule has 1 amide bonds. The SMILES string of the molecule is Cc1cc(=O)n(CC(=O)NCc2ccc3c(c2)OCO3)c(N)n1. The molecule has 8 nitrogen and oxygen atoms in total. The van der Waals surface area contributed by atoms with E-state index in [4.69, 9.17) is 15.2 Å². The zero-order valence-electron chi connectivity index (χ0n) is 12.5. The molecule has 0 atom stereocenters. The normalized spacial score (nSPS) is 12.2. The first-order valence-electron chi connectivity index (χ1n) is 7.02. The van der Waals surface area contributed by atoms with Crippen LogP contribution in [-0.2, 0) is 17.9 Å². The van der Waals surface area contributed by atoms with E-state index >= 15 is 0 Å². The molecule has 0 aliphatic carbocycles. The van der Waals surface area contributed by atoms with Crippen molar-refractivity contribution in [3.63, 3.8) is 0 Å². The predicted octanol–water partition coefficient (Wildman–Crippen LogP) is 0.179. The summed E-state index contributed by atoms with van der Waals surface area (Å²) in [6.45, 7) is 2.00. The van der Waals surface area contributed by atoms with Crippen molar-refractivity contribution in [2.75, 3.05) is 12.5 Å². The molecular weight excluding hydrogens is 300 g/mol. The maximum absolute atomic E-state index is 12.0. The number of carbonyl (C=O) groups is 1. The first kappa shape index (κ1) is 14.9. The van der Waals surface area contributed by atoms with Crippen LogP contribution in [0.25, 0.3) is 0 Å². The van der Waals surface area contributed by atoms with Gasteiger partial charge in [0.15, 0.2) is 11.5 Å². The second-order valence-corrected chi connectivity index (χ2v) is 5.14. The van der Waals surface area contributed by atoms with Crippen molar-refractivity contribution in [2.24, 2.45) is 0 Å². The lowest BCUT2D eigenvalue weighted by atomic mass is 10.2. The fraction of sp³-hybridized carbons (Fsp3) is 0.267. The van der Waals surface area contributed by atoms with Crippen molar-refractivity contribution in [3.8, 4) is 11.5 Å². The van der Waals surface area contributed by atoms with Gasteiger partial charge in [-0.25, -0.2) is 4.98 Å². The molecule has 0 radical (unpaired) electrons. The Morgan fingerprint density at radius 2 is 2.13 bits per heavy atom. The lowest BCUT2D eigenvalue weighted by Crippen LogP contribution is -2.33. The molecule has 0 saturated carbocycles. The van der Waals surface area contributed by atoms with Gasteiger partial charge < -0.3 is 20.5 Å². The van der Waals surface area contributed by atoms with Crippen molar-refractivity contribution in [2.45, 2.75) is 20.0 Å². The largest absolute Gasteiger partial charge is 0.454 e. The van der Waals surface area contributed by atoms with Crippen LogP contribution in [-0.4, -0.2) is 22.3 Å². The smallest absolute Gasteiger partial charge is 0.255 e. The van der Waals surface area contributed by atoms with Crippen molar-refractivity contribution in [3.05, 3.63) is 45.9 Å². The summed E-state index contributed by atoms with van der Waals surface area (Å²) in [6, 6.07) is 6.76. The highest BCUT2D eigenvalue weighted by atomic mass is 16.7. The summed E-state index contributed by atoms with van der Waals surface area (Å²) < 4.78 is 11.6. The molecule has 0 fully saturated rings. The number of carbonyl (C=O) groups excluding carboxylic acids is 1. The Kier molecular flexibility index (Phi) is 3.88. The van der Waals surface area contributed by atoms with Gasteiger partial charge in [0.05, 0.1) is 0 Å². The van der Waals surface area contributed by atoms with Gasteiger partial charge in [-0.05, 0) is 24.6 Å². The molecule has 120 valence electrons. The molecule has 1 aliphatic heterocycles. The van der Waals surface area contributed by atoms with Crippen LogP contribution in [0, 0.1) is 6.92 Å². The highest BCUT2D eigenvalue weighted by molar-refractivity contribution is 5.76. The quantitative estimate of drug-likeness (QED) is 0.833. The molecule has 3 rings (SSSR count).